The van der Waals surface area contributed by atoms with E-state index in [1.165, 1.54) is 50.9 Å². The summed E-state index contributed by atoms with van der Waals surface area (Å²) in [5.74, 6) is 0.727. The molecule has 3 rings (SSSR count). The number of nitrogens with one attached hydrogen (secondary N) is 1. The van der Waals surface area contributed by atoms with Crippen molar-refractivity contribution in [3.63, 3.8) is 0 Å². The number of piperidine rings is 1. The SMILES string of the molecule is CC1CN(C)CCC1NCc1ccn(C2CCCC2)n1. The maximum absolute atomic E-state index is 4.76. The van der Waals surface area contributed by atoms with Crippen LogP contribution in [-0.2, 0) is 6.54 Å². The summed E-state index contributed by atoms with van der Waals surface area (Å²) in [5, 5.41) is 8.47. The number of nitrogens with zero attached hydrogens (tertiary/aromatic N) is 3. The largest absolute Gasteiger partial charge is 0.308 e. The molecule has 1 aliphatic heterocycles. The monoisotopic (exact) mass is 276 g/mol. The van der Waals surface area contributed by atoms with Crippen LogP contribution in [0.4, 0.5) is 0 Å². The third-order valence-corrected chi connectivity index (χ3v) is 5.02. The van der Waals surface area contributed by atoms with Crippen LogP contribution >= 0.6 is 0 Å². The number of rotatable bonds is 4. The molecule has 20 heavy (non-hydrogen) atoms. The highest BCUT2D eigenvalue weighted by molar-refractivity contribution is 5.00. The summed E-state index contributed by atoms with van der Waals surface area (Å²) in [5.41, 5.74) is 1.20. The average molecular weight is 276 g/mol. The van der Waals surface area contributed by atoms with Crippen LogP contribution in [0.25, 0.3) is 0 Å². The van der Waals surface area contributed by atoms with Gasteiger partial charge in [0.05, 0.1) is 11.7 Å². The number of hydrogen-bond donors (Lipinski definition) is 1. The molecule has 1 aliphatic carbocycles. The maximum atomic E-state index is 4.76. The molecule has 0 amide bonds. The van der Waals surface area contributed by atoms with Crippen molar-refractivity contribution in [1.82, 2.24) is 20.0 Å². The fraction of sp³-hybridized carbons (Fsp3) is 0.812. The van der Waals surface area contributed by atoms with Crippen LogP contribution in [0.15, 0.2) is 12.3 Å². The van der Waals surface area contributed by atoms with Crippen molar-refractivity contribution >= 4 is 0 Å². The quantitative estimate of drug-likeness (QED) is 0.917. The molecule has 2 aliphatic rings. The predicted octanol–water partition coefficient (Wildman–Crippen LogP) is 2.43. The minimum atomic E-state index is 0.642. The van der Waals surface area contributed by atoms with Crippen molar-refractivity contribution in [2.75, 3.05) is 20.1 Å². The van der Waals surface area contributed by atoms with Crippen molar-refractivity contribution in [2.24, 2.45) is 5.92 Å². The lowest BCUT2D eigenvalue weighted by Crippen LogP contribution is -2.46. The highest BCUT2D eigenvalue weighted by Gasteiger charge is 2.24. The zero-order valence-electron chi connectivity index (χ0n) is 12.9. The summed E-state index contributed by atoms with van der Waals surface area (Å²) >= 11 is 0. The van der Waals surface area contributed by atoms with Crippen LogP contribution in [0.1, 0.15) is 50.8 Å². The Bertz CT molecular complexity index is 422. The molecule has 4 nitrogen and oxygen atoms in total. The van der Waals surface area contributed by atoms with Gasteiger partial charge in [-0.05, 0) is 44.8 Å². The van der Waals surface area contributed by atoms with Crippen LogP contribution in [0.2, 0.25) is 0 Å². The first-order valence-corrected chi connectivity index (χ1v) is 8.18. The smallest absolute Gasteiger partial charge is 0.0762 e. The van der Waals surface area contributed by atoms with Crippen molar-refractivity contribution in [3.8, 4) is 0 Å². The number of likely N-dealkylation sites (tertiary alicyclic amines) is 1. The van der Waals surface area contributed by atoms with E-state index in [-0.39, 0.29) is 0 Å². The van der Waals surface area contributed by atoms with Gasteiger partial charge in [0.2, 0.25) is 0 Å². The molecule has 1 saturated heterocycles. The molecule has 2 atom stereocenters. The second-order valence-corrected chi connectivity index (χ2v) is 6.74. The summed E-state index contributed by atoms with van der Waals surface area (Å²) in [6.45, 7) is 5.68. The third kappa shape index (κ3) is 3.23. The maximum Gasteiger partial charge on any atom is 0.0762 e. The van der Waals surface area contributed by atoms with Crippen LogP contribution in [0.5, 0.6) is 0 Å². The van der Waals surface area contributed by atoms with Crippen LogP contribution in [-0.4, -0.2) is 40.9 Å². The zero-order valence-corrected chi connectivity index (χ0v) is 12.9. The van der Waals surface area contributed by atoms with Gasteiger partial charge in [0.15, 0.2) is 0 Å². The first-order chi connectivity index (χ1) is 9.72. The van der Waals surface area contributed by atoms with Gasteiger partial charge in [-0.2, -0.15) is 5.10 Å². The van der Waals surface area contributed by atoms with E-state index in [0.29, 0.717) is 12.1 Å². The van der Waals surface area contributed by atoms with E-state index in [9.17, 15) is 0 Å². The molecule has 2 heterocycles. The lowest BCUT2D eigenvalue weighted by molar-refractivity contribution is 0.174. The van der Waals surface area contributed by atoms with E-state index in [2.05, 4.69) is 41.1 Å². The molecule has 0 spiro atoms. The molecule has 1 aromatic heterocycles. The molecule has 2 unspecified atom stereocenters. The van der Waals surface area contributed by atoms with Gasteiger partial charge in [-0.3, -0.25) is 4.68 Å². The molecule has 1 aromatic rings. The average Bonchev–Trinajstić information content (AvgIpc) is 3.08. The van der Waals surface area contributed by atoms with E-state index in [0.717, 1.165) is 12.5 Å². The molecule has 1 saturated carbocycles. The zero-order chi connectivity index (χ0) is 13.9. The van der Waals surface area contributed by atoms with E-state index in [1.54, 1.807) is 0 Å². The molecule has 0 radical (unpaired) electrons. The first kappa shape index (κ1) is 14.1. The van der Waals surface area contributed by atoms with Crippen LogP contribution in [0, 0.1) is 5.92 Å². The normalized spacial score (nSPS) is 29.1. The second kappa shape index (κ2) is 6.27. The molecule has 1 N–H and O–H groups in total. The summed E-state index contributed by atoms with van der Waals surface area (Å²) < 4.78 is 2.20. The van der Waals surface area contributed by atoms with Crippen molar-refractivity contribution < 1.29 is 0 Å². The van der Waals surface area contributed by atoms with Crippen molar-refractivity contribution in [2.45, 2.75) is 57.7 Å². The van der Waals surface area contributed by atoms with E-state index >= 15 is 0 Å². The Labute approximate surface area is 122 Å². The third-order valence-electron chi connectivity index (χ3n) is 5.02. The fourth-order valence-electron chi connectivity index (χ4n) is 3.74. The lowest BCUT2D eigenvalue weighted by Gasteiger charge is -2.35. The molecular formula is C16H28N4. The fourth-order valence-corrected chi connectivity index (χ4v) is 3.74. The molecule has 4 heteroatoms. The van der Waals surface area contributed by atoms with Gasteiger partial charge in [0, 0.05) is 25.3 Å². The standard InChI is InChI=1S/C16H28N4/c1-13-12-19(2)9-8-16(13)17-11-14-7-10-20(18-14)15-5-3-4-6-15/h7,10,13,15-17H,3-6,8-9,11-12H2,1-2H3. The van der Waals surface area contributed by atoms with Gasteiger partial charge in [-0.15, -0.1) is 0 Å². The van der Waals surface area contributed by atoms with Crippen LogP contribution < -0.4 is 5.32 Å². The Morgan fingerprint density at radius 1 is 1.30 bits per heavy atom. The Hall–Kier alpha value is -0.870. The summed E-state index contributed by atoms with van der Waals surface area (Å²) in [6, 6.07) is 3.49. The Morgan fingerprint density at radius 3 is 2.85 bits per heavy atom. The summed E-state index contributed by atoms with van der Waals surface area (Å²) in [6.07, 6.45) is 8.77. The lowest BCUT2D eigenvalue weighted by atomic mass is 9.94. The van der Waals surface area contributed by atoms with Gasteiger partial charge in [-0.1, -0.05) is 19.8 Å². The summed E-state index contributed by atoms with van der Waals surface area (Å²) in [4.78, 5) is 2.43. The van der Waals surface area contributed by atoms with E-state index in [1.807, 2.05) is 0 Å². The molecule has 0 aromatic carbocycles. The molecule has 112 valence electrons. The van der Waals surface area contributed by atoms with Gasteiger partial charge in [0.1, 0.15) is 0 Å². The topological polar surface area (TPSA) is 33.1 Å². The van der Waals surface area contributed by atoms with E-state index in [4.69, 9.17) is 5.10 Å². The van der Waals surface area contributed by atoms with Crippen molar-refractivity contribution in [3.05, 3.63) is 18.0 Å². The van der Waals surface area contributed by atoms with Gasteiger partial charge < -0.3 is 10.2 Å². The van der Waals surface area contributed by atoms with Crippen molar-refractivity contribution in [1.29, 1.82) is 0 Å². The minimum absolute atomic E-state index is 0.642. The Morgan fingerprint density at radius 2 is 2.10 bits per heavy atom. The van der Waals surface area contributed by atoms with Gasteiger partial charge >= 0.3 is 0 Å². The highest BCUT2D eigenvalue weighted by atomic mass is 15.3. The molecule has 2 fully saturated rings. The highest BCUT2D eigenvalue weighted by Crippen LogP contribution is 2.28. The Balaban J connectivity index is 1.51. The summed E-state index contributed by atoms with van der Waals surface area (Å²) in [7, 11) is 2.22. The molecular weight excluding hydrogens is 248 g/mol. The van der Waals surface area contributed by atoms with E-state index < -0.39 is 0 Å². The minimum Gasteiger partial charge on any atom is -0.308 e. The first-order valence-electron chi connectivity index (χ1n) is 8.18. The predicted molar refractivity (Wildman–Crippen MR) is 81.6 cm³/mol. The number of hydrogen-bond acceptors (Lipinski definition) is 3. The molecule has 0 bridgehead atoms. The van der Waals surface area contributed by atoms with Crippen LogP contribution in [0.3, 0.4) is 0 Å². The Kier molecular flexibility index (Phi) is 4.41. The number of aromatic nitrogens is 2. The van der Waals surface area contributed by atoms with Gasteiger partial charge in [0.25, 0.3) is 0 Å². The second-order valence-electron chi connectivity index (χ2n) is 6.74. The van der Waals surface area contributed by atoms with Gasteiger partial charge in [-0.25, -0.2) is 0 Å².